The number of nitrogens with zero attached hydrogens (tertiary/aromatic N) is 3. The molecule has 5 rings (SSSR count). The van der Waals surface area contributed by atoms with Crippen LogP contribution in [0.25, 0.3) is 22.5 Å². The standard InChI is InChI=1S/C24H25N3O4/c1-29-21-5-3-17(11-22(21)30-2)20-12-24(28)27-13-18(4-6-23(27)25-20)16-7-9-26(10-8-16)19-14-31-15-19/h3-7,11-13,19H,8-10,14-15H2,1-2H3. The third-order valence-corrected chi connectivity index (χ3v) is 6.09. The van der Waals surface area contributed by atoms with Crippen LogP contribution < -0.4 is 15.0 Å². The molecule has 1 saturated heterocycles. The summed E-state index contributed by atoms with van der Waals surface area (Å²) >= 11 is 0. The van der Waals surface area contributed by atoms with Gasteiger partial charge in [-0.3, -0.25) is 14.1 Å². The minimum atomic E-state index is -0.110. The van der Waals surface area contributed by atoms with Crippen LogP contribution in [0.5, 0.6) is 11.5 Å². The zero-order chi connectivity index (χ0) is 21.4. The number of hydrogen-bond acceptors (Lipinski definition) is 6. The van der Waals surface area contributed by atoms with Gasteiger partial charge in [-0.15, -0.1) is 0 Å². The molecule has 0 atom stereocenters. The van der Waals surface area contributed by atoms with Crippen molar-refractivity contribution in [2.24, 2.45) is 0 Å². The number of aromatic nitrogens is 2. The van der Waals surface area contributed by atoms with E-state index in [1.54, 1.807) is 24.7 Å². The molecule has 4 heterocycles. The van der Waals surface area contributed by atoms with E-state index in [9.17, 15) is 4.79 Å². The van der Waals surface area contributed by atoms with Crippen molar-refractivity contribution in [3.8, 4) is 22.8 Å². The number of hydrogen-bond donors (Lipinski definition) is 0. The van der Waals surface area contributed by atoms with Crippen molar-refractivity contribution < 1.29 is 14.2 Å². The Morgan fingerprint density at radius 3 is 2.52 bits per heavy atom. The lowest BCUT2D eigenvalue weighted by Gasteiger charge is -2.38. The van der Waals surface area contributed by atoms with Gasteiger partial charge < -0.3 is 14.2 Å². The molecule has 0 amide bonds. The maximum atomic E-state index is 12.9. The van der Waals surface area contributed by atoms with Crippen molar-refractivity contribution in [1.29, 1.82) is 0 Å². The average molecular weight is 419 g/mol. The lowest BCUT2D eigenvalue weighted by molar-refractivity contribution is -0.0612. The smallest absolute Gasteiger partial charge is 0.258 e. The molecule has 0 unspecified atom stereocenters. The van der Waals surface area contributed by atoms with Gasteiger partial charge in [0.05, 0.1) is 39.2 Å². The second kappa shape index (κ2) is 8.17. The minimum Gasteiger partial charge on any atom is -0.493 e. The molecule has 2 aromatic heterocycles. The topological polar surface area (TPSA) is 65.3 Å². The highest BCUT2D eigenvalue weighted by atomic mass is 16.5. The molecule has 2 aliphatic heterocycles. The first-order chi connectivity index (χ1) is 15.2. The first kappa shape index (κ1) is 19.8. The number of ether oxygens (including phenoxy) is 3. The summed E-state index contributed by atoms with van der Waals surface area (Å²) < 4.78 is 17.6. The Morgan fingerprint density at radius 2 is 1.84 bits per heavy atom. The summed E-state index contributed by atoms with van der Waals surface area (Å²) in [6.45, 7) is 3.61. The first-order valence-corrected chi connectivity index (χ1v) is 10.4. The molecular weight excluding hydrogens is 394 g/mol. The van der Waals surface area contributed by atoms with Crippen molar-refractivity contribution in [2.75, 3.05) is 40.5 Å². The number of pyridine rings is 1. The van der Waals surface area contributed by atoms with Crippen LogP contribution in [0.15, 0.2) is 53.5 Å². The number of fused-ring (bicyclic) bond motifs is 1. The molecule has 160 valence electrons. The van der Waals surface area contributed by atoms with Gasteiger partial charge in [-0.05, 0) is 47.9 Å². The summed E-state index contributed by atoms with van der Waals surface area (Å²) in [5.41, 5.74) is 4.26. The summed E-state index contributed by atoms with van der Waals surface area (Å²) in [5, 5.41) is 0. The maximum Gasteiger partial charge on any atom is 0.258 e. The molecule has 3 aromatic rings. The molecule has 7 nitrogen and oxygen atoms in total. The van der Waals surface area contributed by atoms with Crippen LogP contribution in [0.2, 0.25) is 0 Å². The molecule has 0 aliphatic carbocycles. The van der Waals surface area contributed by atoms with Crippen LogP contribution in [0.3, 0.4) is 0 Å². The Hall–Kier alpha value is -3.16. The summed E-state index contributed by atoms with van der Waals surface area (Å²) in [7, 11) is 3.18. The highest BCUT2D eigenvalue weighted by molar-refractivity contribution is 5.69. The van der Waals surface area contributed by atoms with E-state index in [1.807, 2.05) is 36.5 Å². The molecule has 1 aromatic carbocycles. The van der Waals surface area contributed by atoms with Crippen molar-refractivity contribution >= 4 is 11.2 Å². The summed E-state index contributed by atoms with van der Waals surface area (Å²) in [5.74, 6) is 1.24. The van der Waals surface area contributed by atoms with Gasteiger partial charge in [0, 0.05) is 30.9 Å². The van der Waals surface area contributed by atoms with Crippen LogP contribution in [0.1, 0.15) is 12.0 Å². The average Bonchev–Trinajstić information content (AvgIpc) is 2.77. The van der Waals surface area contributed by atoms with Crippen LogP contribution in [0, 0.1) is 0 Å². The van der Waals surface area contributed by atoms with Crippen molar-refractivity contribution in [3.63, 3.8) is 0 Å². The van der Waals surface area contributed by atoms with Crippen LogP contribution >= 0.6 is 0 Å². The van der Waals surface area contributed by atoms with E-state index in [-0.39, 0.29) is 5.56 Å². The van der Waals surface area contributed by atoms with Gasteiger partial charge in [0.15, 0.2) is 11.5 Å². The van der Waals surface area contributed by atoms with E-state index < -0.39 is 0 Å². The van der Waals surface area contributed by atoms with Crippen LogP contribution in [0.4, 0.5) is 0 Å². The van der Waals surface area contributed by atoms with Gasteiger partial charge >= 0.3 is 0 Å². The Bertz CT molecular complexity index is 1210. The zero-order valence-corrected chi connectivity index (χ0v) is 17.7. The Labute approximate surface area is 180 Å². The molecular formula is C24H25N3O4. The number of methoxy groups -OCH3 is 2. The molecule has 31 heavy (non-hydrogen) atoms. The minimum absolute atomic E-state index is 0.110. The van der Waals surface area contributed by atoms with Crippen molar-refractivity contribution in [2.45, 2.75) is 12.5 Å². The molecule has 0 bridgehead atoms. The SMILES string of the molecule is COc1ccc(-c2cc(=O)n3cc(C4=CCN(C5COC5)CC4)ccc3n2)cc1OC. The second-order valence-electron chi connectivity index (χ2n) is 7.86. The van der Waals surface area contributed by atoms with E-state index in [0.29, 0.717) is 28.9 Å². The fourth-order valence-corrected chi connectivity index (χ4v) is 4.15. The van der Waals surface area contributed by atoms with E-state index in [0.717, 1.165) is 43.9 Å². The number of rotatable bonds is 5. The zero-order valence-electron chi connectivity index (χ0n) is 17.7. The predicted octanol–water partition coefficient (Wildman–Crippen LogP) is 2.87. The highest BCUT2D eigenvalue weighted by Gasteiger charge is 2.27. The largest absolute Gasteiger partial charge is 0.493 e. The van der Waals surface area contributed by atoms with Gasteiger partial charge in [-0.1, -0.05) is 6.08 Å². The molecule has 7 heteroatoms. The number of benzene rings is 1. The molecule has 0 radical (unpaired) electrons. The van der Waals surface area contributed by atoms with Crippen molar-refractivity contribution in [1.82, 2.24) is 14.3 Å². The monoisotopic (exact) mass is 419 g/mol. The van der Waals surface area contributed by atoms with Gasteiger partial charge in [0.1, 0.15) is 5.65 Å². The summed E-state index contributed by atoms with van der Waals surface area (Å²) in [6, 6.07) is 11.6. The van der Waals surface area contributed by atoms with Gasteiger partial charge in [0.2, 0.25) is 0 Å². The fourth-order valence-electron chi connectivity index (χ4n) is 4.15. The third-order valence-electron chi connectivity index (χ3n) is 6.09. The van der Waals surface area contributed by atoms with E-state index >= 15 is 0 Å². The fraction of sp³-hybridized carbons (Fsp3) is 0.333. The lowest BCUT2D eigenvalue weighted by Crippen LogP contribution is -2.50. The highest BCUT2D eigenvalue weighted by Crippen LogP contribution is 2.31. The molecule has 0 saturated carbocycles. The van der Waals surface area contributed by atoms with Gasteiger partial charge in [-0.2, -0.15) is 0 Å². The van der Waals surface area contributed by atoms with Gasteiger partial charge in [0.25, 0.3) is 5.56 Å². The van der Waals surface area contributed by atoms with E-state index in [4.69, 9.17) is 19.2 Å². The summed E-state index contributed by atoms with van der Waals surface area (Å²) in [6.07, 6.45) is 5.13. The van der Waals surface area contributed by atoms with Crippen LogP contribution in [-0.4, -0.2) is 60.8 Å². The first-order valence-electron chi connectivity index (χ1n) is 10.4. The molecule has 0 N–H and O–H groups in total. The van der Waals surface area contributed by atoms with Gasteiger partial charge in [-0.25, -0.2) is 4.98 Å². The van der Waals surface area contributed by atoms with Crippen LogP contribution in [-0.2, 0) is 4.74 Å². The second-order valence-corrected chi connectivity index (χ2v) is 7.86. The molecule has 0 spiro atoms. The Kier molecular flexibility index (Phi) is 5.21. The van der Waals surface area contributed by atoms with Crippen molar-refractivity contribution in [3.05, 3.63) is 64.6 Å². The Morgan fingerprint density at radius 1 is 1.03 bits per heavy atom. The summed E-state index contributed by atoms with van der Waals surface area (Å²) in [4.78, 5) is 20.1. The lowest BCUT2D eigenvalue weighted by atomic mass is 9.99. The predicted molar refractivity (Wildman–Crippen MR) is 119 cm³/mol. The van der Waals surface area contributed by atoms with E-state index in [2.05, 4.69) is 11.0 Å². The van der Waals surface area contributed by atoms with E-state index in [1.165, 1.54) is 5.57 Å². The Balaban J connectivity index is 1.45. The molecule has 1 fully saturated rings. The quantitative estimate of drug-likeness (QED) is 0.634. The maximum absolute atomic E-state index is 12.9. The normalized spacial score (nSPS) is 17.3. The third kappa shape index (κ3) is 3.71. The molecule has 2 aliphatic rings.